The maximum absolute atomic E-state index is 12.6. The van der Waals surface area contributed by atoms with Crippen LogP contribution in [-0.2, 0) is 27.2 Å². The first-order valence-corrected chi connectivity index (χ1v) is 10.6. The summed E-state index contributed by atoms with van der Waals surface area (Å²) in [5.41, 5.74) is 1.27. The molecule has 27 heavy (non-hydrogen) atoms. The zero-order valence-corrected chi connectivity index (χ0v) is 17.0. The minimum absolute atomic E-state index is 0.0230. The highest BCUT2D eigenvalue weighted by atomic mass is 32.1. The monoisotopic (exact) mass is 392 g/mol. The van der Waals surface area contributed by atoms with Crippen molar-refractivity contribution >= 4 is 29.1 Å². The maximum Gasteiger partial charge on any atom is 0.349 e. The summed E-state index contributed by atoms with van der Waals surface area (Å²) in [4.78, 5) is 41.8. The number of ether oxygens (including phenoxy) is 1. The molecule has 7 heteroatoms. The number of hydrogen-bond donors (Lipinski definition) is 0. The summed E-state index contributed by atoms with van der Waals surface area (Å²) < 4.78 is 5.47. The van der Waals surface area contributed by atoms with E-state index < -0.39 is 12.1 Å². The van der Waals surface area contributed by atoms with Crippen molar-refractivity contribution in [1.82, 2.24) is 9.80 Å². The molecule has 0 bridgehead atoms. The third-order valence-electron chi connectivity index (χ3n) is 5.37. The number of amides is 2. The lowest BCUT2D eigenvalue weighted by molar-refractivity contribution is -0.144. The number of hydrogen-bond acceptors (Lipinski definition) is 5. The SMILES string of the molecule is CC(=O)N1CCN(C(=O)C(C)OC(=O)c2cc3c(s2)CCCCCC3)CC1. The van der Waals surface area contributed by atoms with Crippen LogP contribution in [0.4, 0.5) is 0 Å². The average Bonchev–Trinajstić information content (AvgIpc) is 3.03. The summed E-state index contributed by atoms with van der Waals surface area (Å²) in [6, 6.07) is 1.95. The Morgan fingerprint density at radius 3 is 2.30 bits per heavy atom. The van der Waals surface area contributed by atoms with Gasteiger partial charge in [-0.1, -0.05) is 12.8 Å². The van der Waals surface area contributed by atoms with E-state index in [4.69, 9.17) is 4.74 Å². The normalized spacial score (nSPS) is 18.9. The second-order valence-corrected chi connectivity index (χ2v) is 8.49. The van der Waals surface area contributed by atoms with Crippen LogP contribution in [0.15, 0.2) is 6.07 Å². The molecule has 2 aliphatic rings. The molecule has 148 valence electrons. The third kappa shape index (κ3) is 4.89. The number of aryl methyl sites for hydroxylation is 2. The van der Waals surface area contributed by atoms with Gasteiger partial charge in [-0.25, -0.2) is 4.79 Å². The van der Waals surface area contributed by atoms with E-state index >= 15 is 0 Å². The van der Waals surface area contributed by atoms with Crippen molar-refractivity contribution in [1.29, 1.82) is 0 Å². The van der Waals surface area contributed by atoms with Crippen LogP contribution in [0.25, 0.3) is 0 Å². The zero-order chi connectivity index (χ0) is 19.4. The highest BCUT2D eigenvalue weighted by molar-refractivity contribution is 7.14. The van der Waals surface area contributed by atoms with Crippen molar-refractivity contribution in [3.8, 4) is 0 Å². The summed E-state index contributed by atoms with van der Waals surface area (Å²) in [6.45, 7) is 5.17. The Morgan fingerprint density at radius 1 is 1.00 bits per heavy atom. The lowest BCUT2D eigenvalue weighted by atomic mass is 10.00. The van der Waals surface area contributed by atoms with Crippen molar-refractivity contribution in [3.05, 3.63) is 21.4 Å². The largest absolute Gasteiger partial charge is 0.448 e. The van der Waals surface area contributed by atoms with Gasteiger partial charge in [0.25, 0.3) is 5.91 Å². The summed E-state index contributed by atoms with van der Waals surface area (Å²) >= 11 is 1.52. The van der Waals surface area contributed by atoms with E-state index in [2.05, 4.69) is 0 Å². The number of fused-ring (bicyclic) bond motifs is 1. The van der Waals surface area contributed by atoms with E-state index in [1.165, 1.54) is 54.4 Å². The van der Waals surface area contributed by atoms with Crippen LogP contribution < -0.4 is 0 Å². The van der Waals surface area contributed by atoms with Gasteiger partial charge in [0, 0.05) is 38.0 Å². The molecule has 1 unspecified atom stereocenters. The predicted octanol–water partition coefficient (Wildman–Crippen LogP) is 2.64. The van der Waals surface area contributed by atoms with Crippen molar-refractivity contribution in [2.75, 3.05) is 26.2 Å². The van der Waals surface area contributed by atoms with Crippen molar-refractivity contribution < 1.29 is 19.1 Å². The molecule has 6 nitrogen and oxygen atoms in total. The molecular weight excluding hydrogens is 364 g/mol. The Hall–Kier alpha value is -1.89. The molecule has 0 saturated carbocycles. The van der Waals surface area contributed by atoms with Crippen molar-refractivity contribution in [2.24, 2.45) is 0 Å². The molecule has 2 amide bonds. The maximum atomic E-state index is 12.6. The molecule has 1 aromatic heterocycles. The summed E-state index contributed by atoms with van der Waals surface area (Å²) in [5, 5.41) is 0. The first-order valence-electron chi connectivity index (χ1n) is 9.82. The van der Waals surface area contributed by atoms with Gasteiger partial charge in [-0.05, 0) is 44.2 Å². The number of nitrogens with zero attached hydrogens (tertiary/aromatic N) is 2. The van der Waals surface area contributed by atoms with Gasteiger partial charge < -0.3 is 14.5 Å². The second-order valence-electron chi connectivity index (χ2n) is 7.35. The Labute approximate surface area is 164 Å². The van der Waals surface area contributed by atoms with Gasteiger partial charge in [-0.15, -0.1) is 11.3 Å². The standard InChI is InChI=1S/C20H28N2O4S/c1-14(19(24)22-11-9-21(10-12-22)15(2)23)26-20(25)18-13-16-7-5-3-4-6-8-17(16)27-18/h13-14H,3-12H2,1-2H3. The van der Waals surface area contributed by atoms with E-state index in [-0.39, 0.29) is 11.8 Å². The number of carbonyl (C=O) groups is 3. The Kier molecular flexibility index (Phi) is 6.52. The molecule has 0 radical (unpaired) electrons. The van der Waals surface area contributed by atoms with E-state index in [9.17, 15) is 14.4 Å². The molecule has 1 aromatic rings. The number of thiophene rings is 1. The fourth-order valence-electron chi connectivity index (χ4n) is 3.71. The van der Waals surface area contributed by atoms with E-state index in [1.54, 1.807) is 16.7 Å². The molecule has 3 rings (SSSR count). The van der Waals surface area contributed by atoms with E-state index in [1.807, 2.05) is 6.07 Å². The minimum atomic E-state index is -0.814. The Balaban J connectivity index is 1.56. The highest BCUT2D eigenvalue weighted by Gasteiger charge is 2.28. The van der Waals surface area contributed by atoms with Crippen LogP contribution in [-0.4, -0.2) is 59.9 Å². The third-order valence-corrected chi connectivity index (χ3v) is 6.58. The number of piperazine rings is 1. The molecule has 1 saturated heterocycles. The van der Waals surface area contributed by atoms with Crippen molar-refractivity contribution in [2.45, 2.75) is 58.5 Å². The smallest absolute Gasteiger partial charge is 0.349 e. The van der Waals surface area contributed by atoms with Crippen LogP contribution in [0.2, 0.25) is 0 Å². The first kappa shape index (κ1) is 19.9. The lowest BCUT2D eigenvalue weighted by Gasteiger charge is -2.35. The van der Waals surface area contributed by atoms with Crippen LogP contribution >= 0.6 is 11.3 Å². The number of carbonyl (C=O) groups excluding carboxylic acids is 3. The fourth-order valence-corrected chi connectivity index (χ4v) is 4.85. The van der Waals surface area contributed by atoms with E-state index in [0.29, 0.717) is 31.1 Å². The fraction of sp³-hybridized carbons (Fsp3) is 0.650. The Bertz CT molecular complexity index is 681. The summed E-state index contributed by atoms with van der Waals surface area (Å²) in [7, 11) is 0. The van der Waals surface area contributed by atoms with E-state index in [0.717, 1.165) is 12.8 Å². The second kappa shape index (κ2) is 8.87. The molecule has 1 atom stereocenters. The minimum Gasteiger partial charge on any atom is -0.448 e. The zero-order valence-electron chi connectivity index (χ0n) is 16.2. The topological polar surface area (TPSA) is 66.9 Å². The van der Waals surface area contributed by atoms with Gasteiger partial charge in [0.05, 0.1) is 0 Å². The van der Waals surface area contributed by atoms with Gasteiger partial charge in [0.1, 0.15) is 4.88 Å². The molecule has 1 fully saturated rings. The number of esters is 1. The van der Waals surface area contributed by atoms with Crippen LogP contribution in [0.3, 0.4) is 0 Å². The Morgan fingerprint density at radius 2 is 1.63 bits per heavy atom. The van der Waals surface area contributed by atoms with Gasteiger partial charge in [0.15, 0.2) is 6.10 Å². The molecule has 1 aliphatic carbocycles. The van der Waals surface area contributed by atoms with Gasteiger partial charge in [-0.2, -0.15) is 0 Å². The van der Waals surface area contributed by atoms with Crippen molar-refractivity contribution in [3.63, 3.8) is 0 Å². The molecule has 0 aromatic carbocycles. The lowest BCUT2D eigenvalue weighted by Crippen LogP contribution is -2.52. The molecule has 2 heterocycles. The van der Waals surface area contributed by atoms with Gasteiger partial charge >= 0.3 is 5.97 Å². The molecule has 0 N–H and O–H groups in total. The highest BCUT2D eigenvalue weighted by Crippen LogP contribution is 2.29. The van der Waals surface area contributed by atoms with Gasteiger partial charge in [-0.3, -0.25) is 9.59 Å². The molecular formula is C20H28N2O4S. The number of rotatable bonds is 3. The quantitative estimate of drug-likeness (QED) is 0.742. The summed E-state index contributed by atoms with van der Waals surface area (Å²) in [5.74, 6) is -0.578. The molecule has 0 spiro atoms. The predicted molar refractivity (Wildman–Crippen MR) is 104 cm³/mol. The average molecular weight is 393 g/mol. The van der Waals surface area contributed by atoms with Crippen LogP contribution in [0.5, 0.6) is 0 Å². The molecule has 1 aliphatic heterocycles. The summed E-state index contributed by atoms with van der Waals surface area (Å²) in [6.07, 6.45) is 6.07. The van der Waals surface area contributed by atoms with Crippen LogP contribution in [0.1, 0.15) is 59.6 Å². The van der Waals surface area contributed by atoms with Gasteiger partial charge in [0.2, 0.25) is 5.91 Å². The first-order chi connectivity index (χ1) is 13.0. The van der Waals surface area contributed by atoms with Crippen LogP contribution in [0, 0.1) is 0 Å².